The van der Waals surface area contributed by atoms with Crippen molar-refractivity contribution < 1.29 is 4.74 Å². The number of hydrogen-bond acceptors (Lipinski definition) is 3. The van der Waals surface area contributed by atoms with Crippen molar-refractivity contribution in [2.75, 3.05) is 38.3 Å². The second-order valence-corrected chi connectivity index (χ2v) is 4.82. The van der Waals surface area contributed by atoms with Crippen molar-refractivity contribution >= 4 is 5.69 Å². The zero-order valence-corrected chi connectivity index (χ0v) is 12.6. The summed E-state index contributed by atoms with van der Waals surface area (Å²) in [6, 6.07) is 8.90. The van der Waals surface area contributed by atoms with Gasteiger partial charge in [-0.2, -0.15) is 0 Å². The van der Waals surface area contributed by atoms with Crippen LogP contribution in [0.1, 0.15) is 32.3 Å². The Kier molecular flexibility index (Phi) is 8.26. The summed E-state index contributed by atoms with van der Waals surface area (Å²) >= 11 is 0. The molecule has 3 heteroatoms. The molecule has 1 aromatic carbocycles. The van der Waals surface area contributed by atoms with Crippen LogP contribution in [0.25, 0.3) is 0 Å². The van der Waals surface area contributed by atoms with E-state index in [-0.39, 0.29) is 0 Å². The average Bonchev–Trinajstić information content (AvgIpc) is 2.44. The lowest BCUT2D eigenvalue weighted by Crippen LogP contribution is -2.24. The third kappa shape index (κ3) is 6.08. The first-order valence-electron chi connectivity index (χ1n) is 7.35. The molecule has 0 radical (unpaired) electrons. The lowest BCUT2D eigenvalue weighted by atomic mass is 10.2. The lowest BCUT2D eigenvalue weighted by molar-refractivity contribution is 0.199. The highest BCUT2D eigenvalue weighted by molar-refractivity contribution is 5.47. The molecule has 0 amide bonds. The highest BCUT2D eigenvalue weighted by Gasteiger charge is 2.03. The van der Waals surface area contributed by atoms with Crippen molar-refractivity contribution in [1.82, 2.24) is 5.32 Å². The summed E-state index contributed by atoms with van der Waals surface area (Å²) in [4.78, 5) is 2.46. The summed E-state index contributed by atoms with van der Waals surface area (Å²) < 4.78 is 5.01. The topological polar surface area (TPSA) is 24.5 Å². The quantitative estimate of drug-likeness (QED) is 0.657. The molecule has 0 aliphatic rings. The Morgan fingerprint density at radius 3 is 2.21 bits per heavy atom. The molecule has 19 heavy (non-hydrogen) atoms. The largest absolute Gasteiger partial charge is 0.383 e. The van der Waals surface area contributed by atoms with Gasteiger partial charge in [-0.1, -0.05) is 26.0 Å². The molecule has 1 N–H and O–H groups in total. The van der Waals surface area contributed by atoms with Crippen LogP contribution in [-0.4, -0.2) is 33.4 Å². The van der Waals surface area contributed by atoms with Gasteiger partial charge in [-0.3, -0.25) is 0 Å². The van der Waals surface area contributed by atoms with Crippen LogP contribution in [0.15, 0.2) is 24.3 Å². The summed E-state index contributed by atoms with van der Waals surface area (Å²) in [6.07, 6.45) is 2.39. The van der Waals surface area contributed by atoms with Crippen molar-refractivity contribution in [3.8, 4) is 0 Å². The van der Waals surface area contributed by atoms with Crippen LogP contribution >= 0.6 is 0 Å². The third-order valence-corrected chi connectivity index (χ3v) is 3.10. The number of rotatable bonds is 10. The number of nitrogens with zero attached hydrogens (tertiary/aromatic N) is 1. The number of methoxy groups -OCH3 is 1. The van der Waals surface area contributed by atoms with Crippen molar-refractivity contribution in [2.45, 2.75) is 33.2 Å². The van der Waals surface area contributed by atoms with Gasteiger partial charge in [0.15, 0.2) is 0 Å². The van der Waals surface area contributed by atoms with Crippen LogP contribution in [0.3, 0.4) is 0 Å². The number of benzene rings is 1. The average molecular weight is 264 g/mol. The van der Waals surface area contributed by atoms with Gasteiger partial charge in [0, 0.05) is 39.0 Å². The minimum atomic E-state index is 0.763. The van der Waals surface area contributed by atoms with Crippen molar-refractivity contribution in [1.29, 1.82) is 0 Å². The maximum absolute atomic E-state index is 5.01. The second kappa shape index (κ2) is 9.82. The highest BCUT2D eigenvalue weighted by atomic mass is 16.5. The first-order valence-corrected chi connectivity index (χ1v) is 7.35. The molecule has 0 aromatic heterocycles. The lowest BCUT2D eigenvalue weighted by Gasteiger charge is -2.24. The molecular weight excluding hydrogens is 236 g/mol. The van der Waals surface area contributed by atoms with E-state index < -0.39 is 0 Å². The molecule has 108 valence electrons. The van der Waals surface area contributed by atoms with E-state index >= 15 is 0 Å². The van der Waals surface area contributed by atoms with Crippen LogP contribution in [0, 0.1) is 0 Å². The van der Waals surface area contributed by atoms with Gasteiger partial charge in [-0.15, -0.1) is 0 Å². The number of hydrogen-bond donors (Lipinski definition) is 1. The van der Waals surface area contributed by atoms with Crippen molar-refractivity contribution in [2.24, 2.45) is 0 Å². The molecule has 0 saturated heterocycles. The smallest absolute Gasteiger partial charge is 0.0587 e. The van der Waals surface area contributed by atoms with Crippen LogP contribution in [0.2, 0.25) is 0 Å². The fraction of sp³-hybridized carbons (Fsp3) is 0.625. The van der Waals surface area contributed by atoms with Crippen molar-refractivity contribution in [3.05, 3.63) is 29.8 Å². The van der Waals surface area contributed by atoms with Gasteiger partial charge in [-0.25, -0.2) is 0 Å². The van der Waals surface area contributed by atoms with E-state index in [0.717, 1.165) is 32.8 Å². The third-order valence-electron chi connectivity index (χ3n) is 3.10. The summed E-state index contributed by atoms with van der Waals surface area (Å²) in [5.41, 5.74) is 2.66. The highest BCUT2D eigenvalue weighted by Crippen LogP contribution is 2.16. The van der Waals surface area contributed by atoms with Gasteiger partial charge in [0.1, 0.15) is 0 Å². The zero-order valence-electron chi connectivity index (χ0n) is 12.6. The molecule has 0 aliphatic carbocycles. The van der Waals surface area contributed by atoms with Crippen LogP contribution < -0.4 is 10.2 Å². The molecule has 0 aliphatic heterocycles. The van der Waals surface area contributed by atoms with E-state index in [9.17, 15) is 0 Å². The molecule has 3 nitrogen and oxygen atoms in total. The molecule has 0 unspecified atom stereocenters. The fourth-order valence-corrected chi connectivity index (χ4v) is 2.14. The maximum atomic E-state index is 5.01. The molecule has 0 heterocycles. The fourth-order valence-electron chi connectivity index (χ4n) is 2.14. The monoisotopic (exact) mass is 264 g/mol. The number of nitrogens with one attached hydrogen (secondary N) is 1. The molecular formula is C16H28N2O. The van der Waals surface area contributed by atoms with Gasteiger partial charge in [0.25, 0.3) is 0 Å². The van der Waals surface area contributed by atoms with Crippen LogP contribution in [-0.2, 0) is 11.3 Å². The van der Waals surface area contributed by atoms with E-state index in [4.69, 9.17) is 4.74 Å². The molecule has 1 aromatic rings. The minimum absolute atomic E-state index is 0.763. The molecule has 0 fully saturated rings. The summed E-state index contributed by atoms with van der Waals surface area (Å²) in [7, 11) is 1.73. The molecule has 1 rings (SSSR count). The minimum Gasteiger partial charge on any atom is -0.383 e. The standard InChI is InChI=1S/C16H28N2O/c1-4-11-18(12-5-2)16-8-6-15(7-9-16)14-17-10-13-19-3/h6-9,17H,4-5,10-14H2,1-3H3. The van der Waals surface area contributed by atoms with Gasteiger partial charge in [-0.05, 0) is 30.5 Å². The predicted octanol–water partition coefficient (Wildman–Crippen LogP) is 3.05. The van der Waals surface area contributed by atoms with E-state index in [1.165, 1.54) is 24.1 Å². The van der Waals surface area contributed by atoms with Gasteiger partial charge >= 0.3 is 0 Å². The summed E-state index contributed by atoms with van der Waals surface area (Å²) in [6.45, 7) is 9.31. The normalized spacial score (nSPS) is 10.7. The number of anilines is 1. The Morgan fingerprint density at radius 2 is 1.68 bits per heavy atom. The maximum Gasteiger partial charge on any atom is 0.0587 e. The Morgan fingerprint density at radius 1 is 1.05 bits per heavy atom. The van der Waals surface area contributed by atoms with E-state index in [1.54, 1.807) is 7.11 Å². The Balaban J connectivity index is 2.49. The molecule has 0 bridgehead atoms. The summed E-state index contributed by atoms with van der Waals surface area (Å²) in [5, 5.41) is 3.36. The zero-order chi connectivity index (χ0) is 13.9. The summed E-state index contributed by atoms with van der Waals surface area (Å²) in [5.74, 6) is 0. The SMILES string of the molecule is CCCN(CCC)c1ccc(CNCCOC)cc1. The molecule has 0 atom stereocenters. The van der Waals surface area contributed by atoms with E-state index in [0.29, 0.717) is 0 Å². The molecule has 0 saturated carbocycles. The van der Waals surface area contributed by atoms with Gasteiger partial charge in [0.2, 0.25) is 0 Å². The van der Waals surface area contributed by atoms with E-state index in [2.05, 4.69) is 48.3 Å². The Bertz CT molecular complexity index is 318. The second-order valence-electron chi connectivity index (χ2n) is 4.82. The Labute approximate surface area is 118 Å². The molecule has 0 spiro atoms. The van der Waals surface area contributed by atoms with Crippen LogP contribution in [0.5, 0.6) is 0 Å². The number of ether oxygens (including phenoxy) is 1. The van der Waals surface area contributed by atoms with Gasteiger partial charge in [0.05, 0.1) is 6.61 Å². The predicted molar refractivity (Wildman–Crippen MR) is 82.8 cm³/mol. The van der Waals surface area contributed by atoms with Crippen LogP contribution in [0.4, 0.5) is 5.69 Å². The Hall–Kier alpha value is -1.06. The van der Waals surface area contributed by atoms with Gasteiger partial charge < -0.3 is 15.0 Å². The first-order chi connectivity index (χ1) is 9.31. The first kappa shape index (κ1) is 16.0. The van der Waals surface area contributed by atoms with E-state index in [1.807, 2.05) is 0 Å². The van der Waals surface area contributed by atoms with Crippen molar-refractivity contribution in [3.63, 3.8) is 0 Å².